The molecule has 0 aliphatic carbocycles. The van der Waals surface area contributed by atoms with Crippen molar-refractivity contribution in [2.24, 2.45) is 0 Å². The SMILES string of the molecule is CCCCCC(c1c(C)[nH]c2ccccc12)P(=O)(OCC)OCC. The monoisotopic (exact) mass is 351 g/mol. The first-order valence-electron chi connectivity index (χ1n) is 9.03. The van der Waals surface area contributed by atoms with Gasteiger partial charge in [0, 0.05) is 16.6 Å². The third kappa shape index (κ3) is 4.11. The summed E-state index contributed by atoms with van der Waals surface area (Å²) < 4.78 is 25.0. The third-order valence-corrected chi connectivity index (χ3v) is 6.87. The highest BCUT2D eigenvalue weighted by atomic mass is 31.2. The molecule has 1 heterocycles. The Hall–Kier alpha value is -1.09. The van der Waals surface area contributed by atoms with Crippen LogP contribution in [0.2, 0.25) is 0 Å². The Kier molecular flexibility index (Phi) is 7.09. The topological polar surface area (TPSA) is 51.3 Å². The number of fused-ring (bicyclic) bond motifs is 1. The maximum atomic E-state index is 13.5. The van der Waals surface area contributed by atoms with Crippen molar-refractivity contribution in [1.29, 1.82) is 0 Å². The first-order valence-corrected chi connectivity index (χ1v) is 10.6. The molecule has 5 heteroatoms. The summed E-state index contributed by atoms with van der Waals surface area (Å²) in [6.07, 6.45) is 4.08. The normalized spacial score (nSPS) is 13.5. The Morgan fingerprint density at radius 2 is 1.75 bits per heavy atom. The second kappa shape index (κ2) is 8.84. The van der Waals surface area contributed by atoms with Crippen LogP contribution in [0.15, 0.2) is 24.3 Å². The van der Waals surface area contributed by atoms with Crippen LogP contribution in [0.3, 0.4) is 0 Å². The van der Waals surface area contributed by atoms with E-state index in [1.165, 1.54) is 0 Å². The summed E-state index contributed by atoms with van der Waals surface area (Å²) in [6.45, 7) is 8.75. The number of unbranched alkanes of at least 4 members (excludes halogenated alkanes) is 2. The summed E-state index contributed by atoms with van der Waals surface area (Å²) in [5, 5.41) is 1.12. The van der Waals surface area contributed by atoms with Crippen molar-refractivity contribution in [2.45, 2.75) is 59.0 Å². The molecule has 0 saturated heterocycles. The standard InChI is InChI=1S/C19H30NO3P/c1-5-8-9-14-18(24(21,22-6-2)23-7-3)19-15(4)20-17-13-11-10-12-16(17)19/h10-13,18,20H,5-9,14H2,1-4H3. The fourth-order valence-electron chi connectivity index (χ4n) is 3.35. The lowest BCUT2D eigenvalue weighted by Crippen LogP contribution is -2.08. The number of benzene rings is 1. The second-order valence-corrected chi connectivity index (χ2v) is 8.32. The number of aryl methyl sites for hydroxylation is 1. The Bertz CT molecular complexity index is 685. The molecule has 0 aliphatic heterocycles. The zero-order valence-electron chi connectivity index (χ0n) is 15.3. The largest absolute Gasteiger partial charge is 0.358 e. The molecule has 1 aromatic heterocycles. The van der Waals surface area contributed by atoms with Gasteiger partial charge in [0.1, 0.15) is 0 Å². The van der Waals surface area contributed by atoms with Crippen molar-refractivity contribution in [2.75, 3.05) is 13.2 Å². The molecule has 0 fully saturated rings. The van der Waals surface area contributed by atoms with Crippen LogP contribution in [-0.2, 0) is 13.6 Å². The van der Waals surface area contributed by atoms with Gasteiger partial charge in [-0.15, -0.1) is 0 Å². The van der Waals surface area contributed by atoms with E-state index >= 15 is 0 Å². The molecule has 0 amide bonds. The van der Waals surface area contributed by atoms with Gasteiger partial charge in [-0.3, -0.25) is 4.57 Å². The van der Waals surface area contributed by atoms with Gasteiger partial charge in [-0.25, -0.2) is 0 Å². The quantitative estimate of drug-likeness (QED) is 0.400. The minimum Gasteiger partial charge on any atom is -0.358 e. The number of aromatic nitrogens is 1. The van der Waals surface area contributed by atoms with Gasteiger partial charge in [0.15, 0.2) is 0 Å². The van der Waals surface area contributed by atoms with Crippen LogP contribution < -0.4 is 0 Å². The number of hydrogen-bond acceptors (Lipinski definition) is 3. The third-order valence-electron chi connectivity index (χ3n) is 4.36. The molecule has 0 radical (unpaired) electrons. The molecule has 0 bridgehead atoms. The smallest absolute Gasteiger partial charge is 0.338 e. The lowest BCUT2D eigenvalue weighted by Gasteiger charge is -2.27. The first kappa shape index (κ1) is 19.2. The van der Waals surface area contributed by atoms with E-state index in [1.807, 2.05) is 32.9 Å². The van der Waals surface area contributed by atoms with Gasteiger partial charge in [-0.05, 0) is 38.8 Å². The molecule has 1 N–H and O–H groups in total. The van der Waals surface area contributed by atoms with Gasteiger partial charge in [0.2, 0.25) is 0 Å². The summed E-state index contributed by atoms with van der Waals surface area (Å²) in [5.41, 5.74) is 2.99. The lowest BCUT2D eigenvalue weighted by atomic mass is 10.0. The number of para-hydroxylation sites is 1. The van der Waals surface area contributed by atoms with E-state index in [9.17, 15) is 4.57 Å². The van der Waals surface area contributed by atoms with Crippen molar-refractivity contribution in [3.63, 3.8) is 0 Å². The van der Waals surface area contributed by atoms with Gasteiger partial charge >= 0.3 is 7.60 Å². The predicted molar refractivity (Wildman–Crippen MR) is 101 cm³/mol. The number of H-pyrrole nitrogens is 1. The molecule has 24 heavy (non-hydrogen) atoms. The van der Waals surface area contributed by atoms with E-state index in [0.29, 0.717) is 13.2 Å². The minimum atomic E-state index is -3.21. The van der Waals surface area contributed by atoms with Gasteiger partial charge in [-0.2, -0.15) is 0 Å². The van der Waals surface area contributed by atoms with Crippen molar-refractivity contribution >= 4 is 18.5 Å². The number of aromatic amines is 1. The summed E-state index contributed by atoms with van der Waals surface area (Å²) in [4.78, 5) is 3.42. The van der Waals surface area contributed by atoms with Gasteiger partial charge < -0.3 is 14.0 Å². The fraction of sp³-hybridized carbons (Fsp3) is 0.579. The summed E-state index contributed by atoms with van der Waals surface area (Å²) in [6, 6.07) is 8.18. The molecule has 4 nitrogen and oxygen atoms in total. The van der Waals surface area contributed by atoms with Crippen LogP contribution in [0, 0.1) is 6.92 Å². The zero-order chi connectivity index (χ0) is 17.6. The van der Waals surface area contributed by atoms with E-state index in [-0.39, 0.29) is 5.66 Å². The Morgan fingerprint density at radius 3 is 2.38 bits per heavy atom. The van der Waals surface area contributed by atoms with E-state index in [4.69, 9.17) is 9.05 Å². The van der Waals surface area contributed by atoms with Crippen LogP contribution in [0.5, 0.6) is 0 Å². The van der Waals surface area contributed by atoms with E-state index in [1.54, 1.807) is 0 Å². The van der Waals surface area contributed by atoms with E-state index in [2.05, 4.69) is 24.0 Å². The molecule has 1 aromatic carbocycles. The van der Waals surface area contributed by atoms with Crippen molar-refractivity contribution in [3.8, 4) is 0 Å². The molecule has 0 saturated carbocycles. The van der Waals surface area contributed by atoms with Crippen LogP contribution in [0.4, 0.5) is 0 Å². The van der Waals surface area contributed by atoms with Crippen molar-refractivity contribution in [1.82, 2.24) is 4.98 Å². The molecule has 0 aliphatic rings. The Balaban J connectivity index is 2.51. The van der Waals surface area contributed by atoms with Crippen LogP contribution in [0.1, 0.15) is 63.4 Å². The maximum absolute atomic E-state index is 13.5. The molecule has 2 aromatic rings. The zero-order valence-corrected chi connectivity index (χ0v) is 16.2. The first-order chi connectivity index (χ1) is 11.6. The predicted octanol–water partition coefficient (Wildman–Crippen LogP) is 6.36. The summed E-state index contributed by atoms with van der Waals surface area (Å²) in [5.74, 6) is 0. The van der Waals surface area contributed by atoms with Gasteiger partial charge in [-0.1, -0.05) is 44.4 Å². The second-order valence-electron chi connectivity index (χ2n) is 6.10. The van der Waals surface area contributed by atoms with Crippen molar-refractivity contribution < 1.29 is 13.6 Å². The number of hydrogen-bond donors (Lipinski definition) is 1. The highest BCUT2D eigenvalue weighted by Gasteiger charge is 2.38. The molecular weight excluding hydrogens is 321 g/mol. The van der Waals surface area contributed by atoms with Crippen LogP contribution in [0.25, 0.3) is 10.9 Å². The molecule has 1 unspecified atom stereocenters. The highest BCUT2D eigenvalue weighted by Crippen LogP contribution is 2.64. The van der Waals surface area contributed by atoms with Crippen LogP contribution in [-0.4, -0.2) is 18.2 Å². The summed E-state index contributed by atoms with van der Waals surface area (Å²) in [7, 11) is -3.21. The molecule has 1 atom stereocenters. The molecular formula is C19H30NO3P. The lowest BCUT2D eigenvalue weighted by molar-refractivity contribution is 0.210. The minimum absolute atomic E-state index is 0.222. The molecule has 0 spiro atoms. The van der Waals surface area contributed by atoms with Gasteiger partial charge in [0.25, 0.3) is 0 Å². The molecule has 2 rings (SSSR count). The summed E-state index contributed by atoms with van der Waals surface area (Å²) >= 11 is 0. The number of rotatable bonds is 10. The Labute approximate surface area is 145 Å². The number of nitrogens with one attached hydrogen (secondary N) is 1. The maximum Gasteiger partial charge on any atom is 0.338 e. The van der Waals surface area contributed by atoms with Gasteiger partial charge in [0.05, 0.1) is 18.9 Å². The average molecular weight is 351 g/mol. The average Bonchev–Trinajstić information content (AvgIpc) is 2.88. The van der Waals surface area contributed by atoms with E-state index in [0.717, 1.165) is 47.8 Å². The van der Waals surface area contributed by atoms with Crippen LogP contribution >= 0.6 is 7.60 Å². The molecule has 134 valence electrons. The fourth-order valence-corrected chi connectivity index (χ4v) is 5.66. The van der Waals surface area contributed by atoms with Crippen molar-refractivity contribution in [3.05, 3.63) is 35.5 Å². The Morgan fingerprint density at radius 1 is 1.08 bits per heavy atom. The highest BCUT2D eigenvalue weighted by molar-refractivity contribution is 7.54. The van der Waals surface area contributed by atoms with E-state index < -0.39 is 7.60 Å².